The van der Waals surface area contributed by atoms with E-state index in [1.807, 2.05) is 45.5 Å². The summed E-state index contributed by atoms with van der Waals surface area (Å²) in [5.41, 5.74) is 0.346. The number of hydrogen-bond acceptors (Lipinski definition) is 10. The Hall–Kier alpha value is -5.74. The summed E-state index contributed by atoms with van der Waals surface area (Å²) in [4.78, 5) is 76.2. The molecule has 5 rings (SSSR count). The van der Waals surface area contributed by atoms with Gasteiger partial charge in [0.25, 0.3) is 0 Å². The van der Waals surface area contributed by atoms with E-state index in [9.17, 15) is 37.5 Å². The number of ether oxygens (including phenoxy) is 2. The summed E-state index contributed by atoms with van der Waals surface area (Å²) in [7, 11) is 2.36. The maximum absolute atomic E-state index is 15.9. The highest BCUT2D eigenvalue weighted by Gasteiger charge is 2.47. The minimum absolute atomic E-state index is 0.0222. The zero-order valence-electron chi connectivity index (χ0n) is 46.4. The Morgan fingerprint density at radius 1 is 0.949 bits per heavy atom. The van der Waals surface area contributed by atoms with Gasteiger partial charge in [0.05, 0.1) is 55.4 Å². The van der Waals surface area contributed by atoms with E-state index in [1.165, 1.54) is 34.7 Å². The van der Waals surface area contributed by atoms with Crippen LogP contribution in [0.5, 0.6) is 11.5 Å². The maximum Gasteiger partial charge on any atom is 0.410 e. The molecule has 1 aromatic heterocycles. The van der Waals surface area contributed by atoms with Gasteiger partial charge in [-0.15, -0.1) is 0 Å². The van der Waals surface area contributed by atoms with Crippen LogP contribution in [0.15, 0.2) is 66.9 Å². The lowest BCUT2D eigenvalue weighted by Gasteiger charge is -2.50. The standard InChI is InChI=1S/C55H73Cl2F4N7O9Si/c1-34(62-29-41-42(58)25-39(57)26-45(41)76-40-20-16-36(17-21-40)44-30-63-46(66(44)9)31-65(8)51(74)77-52(2,3)4)48(71)64-43(32-75-78(11,12)53(5,6)7)50(73)67(10)54(27-35-14-18-38(56)19-15-35)22-13-23-68(33-54)49(72)37(24-47(69)70)28-55(59,60)61/h14-21,25-26,30,34,37,43,62H,13,22-24,27-29,31-33H2,1-12H3,(H,64,71)(H,69,70). The van der Waals surface area contributed by atoms with Gasteiger partial charge in [0.15, 0.2) is 8.32 Å². The first kappa shape index (κ1) is 63.1. The molecule has 16 nitrogen and oxygen atoms in total. The molecule has 2 heterocycles. The second-order valence-electron chi connectivity index (χ2n) is 22.6. The molecule has 1 aliphatic rings. The first-order valence-corrected chi connectivity index (χ1v) is 29.2. The van der Waals surface area contributed by atoms with Crippen LogP contribution in [0.1, 0.15) is 91.1 Å². The van der Waals surface area contributed by atoms with Crippen molar-refractivity contribution in [2.45, 2.75) is 141 Å². The highest BCUT2D eigenvalue weighted by Crippen LogP contribution is 2.38. The van der Waals surface area contributed by atoms with Crippen LogP contribution in [0.25, 0.3) is 11.3 Å². The van der Waals surface area contributed by atoms with E-state index < -0.39 is 92.1 Å². The van der Waals surface area contributed by atoms with Crippen molar-refractivity contribution in [1.29, 1.82) is 0 Å². The third-order valence-electron chi connectivity index (χ3n) is 14.3. The number of amides is 4. The van der Waals surface area contributed by atoms with Crippen LogP contribution in [-0.4, -0.2) is 131 Å². The highest BCUT2D eigenvalue weighted by atomic mass is 35.5. The van der Waals surface area contributed by atoms with Gasteiger partial charge in [-0.3, -0.25) is 19.2 Å². The molecule has 4 atom stereocenters. The Kier molecular flexibility index (Phi) is 20.7. The number of hydrogen-bond donors (Lipinski definition) is 3. The van der Waals surface area contributed by atoms with Gasteiger partial charge >= 0.3 is 18.2 Å². The van der Waals surface area contributed by atoms with Crippen LogP contribution >= 0.6 is 23.2 Å². The molecule has 428 valence electrons. The molecule has 3 aromatic carbocycles. The van der Waals surface area contributed by atoms with Crippen molar-refractivity contribution < 1.29 is 60.5 Å². The van der Waals surface area contributed by atoms with E-state index in [0.717, 1.165) is 17.3 Å². The fraction of sp³-hybridized carbons (Fsp3) is 0.527. The topological polar surface area (TPSA) is 185 Å². The number of imidazole rings is 1. The third-order valence-corrected chi connectivity index (χ3v) is 19.2. The molecule has 0 radical (unpaired) electrons. The molecule has 3 N–H and O–H groups in total. The van der Waals surface area contributed by atoms with Crippen LogP contribution in [0.2, 0.25) is 28.2 Å². The SMILES string of the molecule is CC(NCc1c(F)cc(Cl)cc1Oc1ccc(-c2cnc(CN(C)C(=O)OC(C)(C)C)n2C)cc1)C(=O)NC(CO[Si](C)(C)C(C)(C)C)C(=O)N(C)C1(Cc2ccc(Cl)cc2)CCCN(C(=O)C(CC(=O)O)CC(F)(F)F)C1. The van der Waals surface area contributed by atoms with E-state index >= 15 is 9.18 Å². The number of aromatic nitrogens is 2. The van der Waals surface area contributed by atoms with Crippen LogP contribution in [0.3, 0.4) is 0 Å². The molecule has 4 unspecified atom stereocenters. The van der Waals surface area contributed by atoms with E-state index in [2.05, 4.69) is 15.6 Å². The molecular formula is C55H73Cl2F4N7O9Si. The summed E-state index contributed by atoms with van der Waals surface area (Å²) in [5.74, 6) is -5.42. The second-order valence-corrected chi connectivity index (χ2v) is 28.3. The number of carboxylic acids is 1. The summed E-state index contributed by atoms with van der Waals surface area (Å²) in [6.07, 6.45) is -5.65. The minimum Gasteiger partial charge on any atom is -0.481 e. The van der Waals surface area contributed by atoms with Crippen molar-refractivity contribution in [1.82, 2.24) is 34.9 Å². The number of likely N-dealkylation sites (tertiary alicyclic amines) is 1. The smallest absolute Gasteiger partial charge is 0.410 e. The van der Waals surface area contributed by atoms with Crippen LogP contribution in [0.4, 0.5) is 22.4 Å². The summed E-state index contributed by atoms with van der Waals surface area (Å²) >= 11 is 12.6. The summed E-state index contributed by atoms with van der Waals surface area (Å²) < 4.78 is 77.2. The molecular weight excluding hydrogens is 1080 g/mol. The fourth-order valence-electron chi connectivity index (χ4n) is 8.75. The van der Waals surface area contributed by atoms with Crippen molar-refractivity contribution in [3.63, 3.8) is 0 Å². The van der Waals surface area contributed by atoms with E-state index in [0.29, 0.717) is 22.2 Å². The van der Waals surface area contributed by atoms with Gasteiger partial charge in [-0.05, 0) is 119 Å². The Morgan fingerprint density at radius 2 is 1.59 bits per heavy atom. The molecule has 4 amide bonds. The maximum atomic E-state index is 15.9. The number of aliphatic carboxylic acids is 1. The molecule has 23 heteroatoms. The number of rotatable bonds is 21. The van der Waals surface area contributed by atoms with Gasteiger partial charge in [-0.25, -0.2) is 14.2 Å². The average molecular weight is 1150 g/mol. The third kappa shape index (κ3) is 17.1. The molecule has 1 aliphatic heterocycles. The number of likely N-dealkylation sites (N-methyl/N-ethyl adjacent to an activating group) is 1. The number of carbonyl (C=O) groups is 5. The number of piperidine rings is 1. The van der Waals surface area contributed by atoms with Crippen molar-refractivity contribution >= 4 is 61.3 Å². The number of carboxylic acid groups (broad SMARTS) is 1. The fourth-order valence-corrected chi connectivity index (χ4v) is 10.1. The van der Waals surface area contributed by atoms with Gasteiger partial charge in [0.1, 0.15) is 34.8 Å². The number of nitrogens with one attached hydrogen (secondary N) is 2. The lowest BCUT2D eigenvalue weighted by atomic mass is 9.80. The Morgan fingerprint density at radius 3 is 2.18 bits per heavy atom. The Labute approximate surface area is 465 Å². The first-order valence-electron chi connectivity index (χ1n) is 25.6. The summed E-state index contributed by atoms with van der Waals surface area (Å²) in [5, 5.41) is 15.6. The van der Waals surface area contributed by atoms with Crippen molar-refractivity contribution in [3.05, 3.63) is 99.7 Å². The van der Waals surface area contributed by atoms with Gasteiger partial charge in [-0.1, -0.05) is 56.1 Å². The summed E-state index contributed by atoms with van der Waals surface area (Å²) in [6, 6.07) is 13.9. The van der Waals surface area contributed by atoms with Gasteiger partial charge in [0.2, 0.25) is 17.7 Å². The summed E-state index contributed by atoms with van der Waals surface area (Å²) in [6.45, 7) is 16.4. The first-order chi connectivity index (χ1) is 36.1. The van der Waals surface area contributed by atoms with E-state index in [4.69, 9.17) is 37.1 Å². The predicted octanol–water partition coefficient (Wildman–Crippen LogP) is 10.8. The van der Waals surface area contributed by atoms with E-state index in [1.54, 1.807) is 82.5 Å². The largest absolute Gasteiger partial charge is 0.481 e. The normalized spacial score (nSPS) is 16.5. The van der Waals surface area contributed by atoms with Gasteiger partial charge in [0, 0.05) is 61.9 Å². The van der Waals surface area contributed by atoms with Crippen LogP contribution < -0.4 is 15.4 Å². The van der Waals surface area contributed by atoms with Crippen LogP contribution in [-0.2, 0) is 54.9 Å². The minimum atomic E-state index is -4.83. The Bertz CT molecular complexity index is 2770. The molecule has 4 aromatic rings. The lowest BCUT2D eigenvalue weighted by Crippen LogP contribution is -2.65. The number of alkyl halides is 3. The number of carbonyl (C=O) groups excluding carboxylic acids is 4. The predicted molar refractivity (Wildman–Crippen MR) is 292 cm³/mol. The molecule has 78 heavy (non-hydrogen) atoms. The molecule has 0 saturated carbocycles. The van der Waals surface area contributed by atoms with Crippen molar-refractivity contribution in [2.24, 2.45) is 13.0 Å². The zero-order valence-corrected chi connectivity index (χ0v) is 48.9. The molecule has 0 spiro atoms. The quantitative estimate of drug-likeness (QED) is 0.0533. The number of halogens is 6. The molecule has 0 bridgehead atoms. The van der Waals surface area contributed by atoms with Crippen LogP contribution in [0, 0.1) is 11.7 Å². The number of nitrogens with zero attached hydrogens (tertiary/aromatic N) is 5. The molecule has 1 fully saturated rings. The van der Waals surface area contributed by atoms with Gasteiger partial charge < -0.3 is 48.9 Å². The average Bonchev–Trinajstić information content (AvgIpc) is 3.69. The Balaban J connectivity index is 1.37. The van der Waals surface area contributed by atoms with E-state index in [-0.39, 0.29) is 73.4 Å². The monoisotopic (exact) mass is 1150 g/mol. The van der Waals surface area contributed by atoms with Gasteiger partial charge in [-0.2, -0.15) is 13.2 Å². The molecule has 1 saturated heterocycles. The highest BCUT2D eigenvalue weighted by molar-refractivity contribution is 6.74. The van der Waals surface area contributed by atoms with Crippen molar-refractivity contribution in [2.75, 3.05) is 33.8 Å². The second kappa shape index (κ2) is 25.6. The molecule has 0 aliphatic carbocycles. The lowest BCUT2D eigenvalue weighted by molar-refractivity contribution is -0.166. The zero-order chi connectivity index (χ0) is 58.3. The number of benzene rings is 3. The van der Waals surface area contributed by atoms with Crippen molar-refractivity contribution in [3.8, 4) is 22.8 Å².